The van der Waals surface area contributed by atoms with Crippen molar-refractivity contribution in [1.29, 1.82) is 0 Å². The third kappa shape index (κ3) is 9.99. The van der Waals surface area contributed by atoms with Gasteiger partial charge in [0.05, 0.1) is 31.5 Å². The molecule has 3 unspecified atom stereocenters. The summed E-state index contributed by atoms with van der Waals surface area (Å²) in [6.45, 7) is 4.73. The summed E-state index contributed by atoms with van der Waals surface area (Å²) in [5, 5.41) is 8.79. The van der Waals surface area contributed by atoms with E-state index in [0.29, 0.717) is 17.5 Å². The average molecular weight is 527 g/mol. The first-order chi connectivity index (χ1) is 17.9. The van der Waals surface area contributed by atoms with E-state index in [0.717, 1.165) is 43.2 Å². The highest BCUT2D eigenvalue weighted by Gasteiger charge is 2.28. The first-order valence-corrected chi connectivity index (χ1v) is 13.6. The van der Waals surface area contributed by atoms with Crippen LogP contribution >= 0.6 is 0 Å². The zero-order valence-electron chi connectivity index (χ0n) is 21.4. The molecule has 7 nitrogen and oxygen atoms in total. The van der Waals surface area contributed by atoms with Gasteiger partial charge in [0.2, 0.25) is 0 Å². The van der Waals surface area contributed by atoms with E-state index < -0.39 is 17.0 Å². The Hall–Kier alpha value is -3.20. The van der Waals surface area contributed by atoms with Crippen molar-refractivity contribution in [3.8, 4) is 17.2 Å². The summed E-state index contributed by atoms with van der Waals surface area (Å²) < 4.78 is 27.3. The molecule has 8 heteroatoms. The third-order valence-corrected chi connectivity index (χ3v) is 7.09. The van der Waals surface area contributed by atoms with Crippen LogP contribution in [0.2, 0.25) is 0 Å². The predicted molar refractivity (Wildman–Crippen MR) is 144 cm³/mol. The van der Waals surface area contributed by atoms with Gasteiger partial charge in [-0.3, -0.25) is 8.98 Å². The topological polar surface area (TPSA) is 86.5 Å². The minimum Gasteiger partial charge on any atom is -0.487 e. The lowest BCUT2D eigenvalue weighted by atomic mass is 10.2. The van der Waals surface area contributed by atoms with Gasteiger partial charge < -0.3 is 19.5 Å². The second-order valence-electron chi connectivity index (χ2n) is 8.91. The predicted octanol–water partition coefficient (Wildman–Crippen LogP) is 4.43. The maximum absolute atomic E-state index is 10.9. The van der Waals surface area contributed by atoms with Crippen molar-refractivity contribution in [2.75, 3.05) is 26.8 Å². The second-order valence-corrected chi connectivity index (χ2v) is 10.2. The Morgan fingerprint density at radius 2 is 1.59 bits per heavy atom. The Bertz CT molecular complexity index is 1110. The third-order valence-electron chi connectivity index (χ3n) is 6.13. The fourth-order valence-corrected chi connectivity index (χ4v) is 4.72. The highest BCUT2D eigenvalue weighted by atomic mass is 32.2. The molecule has 0 saturated carbocycles. The van der Waals surface area contributed by atoms with Gasteiger partial charge in [0.1, 0.15) is 29.9 Å². The first-order valence-electron chi connectivity index (χ1n) is 12.5. The molecule has 0 aliphatic carbocycles. The molecule has 1 aliphatic rings. The van der Waals surface area contributed by atoms with Crippen LogP contribution in [0.25, 0.3) is 0 Å². The Morgan fingerprint density at radius 1 is 0.973 bits per heavy atom. The molecule has 1 aliphatic heterocycles. The number of carbonyl (C=O) groups is 1. The number of nitrogens with one attached hydrogen (secondary N) is 1. The number of benzene rings is 3. The van der Waals surface area contributed by atoms with E-state index in [-0.39, 0.29) is 6.42 Å². The van der Waals surface area contributed by atoms with Crippen molar-refractivity contribution in [2.24, 2.45) is 0 Å². The van der Waals surface area contributed by atoms with E-state index in [9.17, 15) is 9.00 Å². The molecule has 198 valence electrons. The van der Waals surface area contributed by atoms with E-state index >= 15 is 0 Å². The number of aliphatic carboxylic acids is 1. The number of hydrogen-bond acceptors (Lipinski definition) is 5. The molecular formula is C29H36NO6S+. The smallest absolute Gasteiger partial charge is 0.303 e. The molecule has 1 heterocycles. The lowest BCUT2D eigenvalue weighted by Crippen LogP contribution is -3.14. The molecular weight excluding hydrogens is 490 g/mol. The number of carboxylic acids is 1. The summed E-state index contributed by atoms with van der Waals surface area (Å²) in [5.74, 6) is 1.73. The van der Waals surface area contributed by atoms with Gasteiger partial charge in [-0.2, -0.15) is 0 Å². The van der Waals surface area contributed by atoms with Crippen LogP contribution in [-0.4, -0.2) is 48.1 Å². The zero-order chi connectivity index (χ0) is 26.5. The van der Waals surface area contributed by atoms with Crippen LogP contribution in [-0.2, 0) is 20.1 Å². The number of aryl methyl sites for hydroxylation is 1. The lowest BCUT2D eigenvalue weighted by Gasteiger charge is -2.21. The van der Waals surface area contributed by atoms with E-state index in [1.165, 1.54) is 24.0 Å². The molecule has 0 radical (unpaired) electrons. The fourth-order valence-electron chi connectivity index (χ4n) is 4.15. The number of quaternary nitrogens is 1. The number of hydrogen-bond donors (Lipinski definition) is 2. The van der Waals surface area contributed by atoms with Gasteiger partial charge in [0, 0.05) is 19.3 Å². The summed E-state index contributed by atoms with van der Waals surface area (Å²) >= 11 is -1.29. The minimum absolute atomic E-state index is 0.250. The van der Waals surface area contributed by atoms with Crippen LogP contribution in [0.5, 0.6) is 17.2 Å². The Labute approximate surface area is 221 Å². The molecule has 4 rings (SSSR count). The summed E-state index contributed by atoms with van der Waals surface area (Å²) in [7, 11) is 1.42. The fraction of sp³-hybridized carbons (Fsp3) is 0.345. The molecule has 1 saturated heterocycles. The van der Waals surface area contributed by atoms with Crippen LogP contribution in [0.4, 0.5) is 0 Å². The number of likely N-dealkylation sites (tertiary alicyclic amines) is 1. The monoisotopic (exact) mass is 526 g/mol. The molecule has 0 aromatic heterocycles. The van der Waals surface area contributed by atoms with E-state index in [2.05, 4.69) is 11.1 Å². The van der Waals surface area contributed by atoms with Crippen molar-refractivity contribution in [2.45, 2.75) is 43.5 Å². The second kappa shape index (κ2) is 15.1. The molecule has 3 aromatic rings. The maximum Gasteiger partial charge on any atom is 0.303 e. The quantitative estimate of drug-likeness (QED) is 0.384. The highest BCUT2D eigenvalue weighted by molar-refractivity contribution is 7.80. The summed E-state index contributed by atoms with van der Waals surface area (Å²) in [4.78, 5) is 12.8. The molecule has 3 atom stereocenters. The van der Waals surface area contributed by atoms with Gasteiger partial charge >= 0.3 is 5.97 Å². The standard InChI is InChI=1S/C22H27NO4.C7H8O2S/c1-17-6-8-20(9-7-17)27-21-12-10-19(11-13-21)26-16-18-4-2-14-23(18)15-3-5-22(24)25;1-9-10(8)7-5-3-2-4-6-7/h6-13,18H,2-5,14-16H2,1H3,(H,24,25);2-6H,1H3/p+1. The molecule has 0 bridgehead atoms. The first kappa shape index (κ1) is 28.4. The van der Waals surface area contributed by atoms with Crippen molar-refractivity contribution in [3.63, 3.8) is 0 Å². The molecule has 3 aromatic carbocycles. The lowest BCUT2D eigenvalue weighted by molar-refractivity contribution is -0.912. The van der Waals surface area contributed by atoms with Crippen LogP contribution < -0.4 is 14.4 Å². The van der Waals surface area contributed by atoms with Crippen molar-refractivity contribution >= 4 is 17.0 Å². The summed E-state index contributed by atoms with van der Waals surface area (Å²) in [6.07, 6.45) is 3.29. The van der Waals surface area contributed by atoms with Gasteiger partial charge in [-0.25, -0.2) is 4.21 Å². The molecule has 1 fully saturated rings. The summed E-state index contributed by atoms with van der Waals surface area (Å²) in [6, 6.07) is 25.2. The van der Waals surface area contributed by atoms with Gasteiger partial charge in [-0.05, 0) is 55.5 Å². The molecule has 2 N–H and O–H groups in total. The van der Waals surface area contributed by atoms with Crippen molar-refractivity contribution < 1.29 is 32.7 Å². The SMILES string of the molecule is COS(=O)c1ccccc1.Cc1ccc(Oc2ccc(OCC3CCC[NH+]3CCCC(=O)O)cc2)cc1. The minimum atomic E-state index is -1.29. The molecule has 37 heavy (non-hydrogen) atoms. The number of ether oxygens (including phenoxy) is 2. The number of carboxylic acid groups (broad SMARTS) is 1. The highest BCUT2D eigenvalue weighted by Crippen LogP contribution is 2.24. The summed E-state index contributed by atoms with van der Waals surface area (Å²) in [5.41, 5.74) is 1.21. The normalized spacial score (nSPS) is 17.4. The van der Waals surface area contributed by atoms with Gasteiger partial charge in [-0.15, -0.1) is 0 Å². The molecule has 0 spiro atoms. The maximum atomic E-state index is 10.9. The van der Waals surface area contributed by atoms with Gasteiger partial charge in [0.15, 0.2) is 11.1 Å². The molecule has 0 amide bonds. The van der Waals surface area contributed by atoms with Crippen LogP contribution in [0, 0.1) is 6.92 Å². The van der Waals surface area contributed by atoms with E-state index in [1.54, 1.807) is 12.1 Å². The average Bonchev–Trinajstić information content (AvgIpc) is 3.37. The van der Waals surface area contributed by atoms with Crippen LogP contribution in [0.3, 0.4) is 0 Å². The Balaban J connectivity index is 0.000000319. The Kier molecular flexibility index (Phi) is 11.6. The van der Waals surface area contributed by atoms with Gasteiger partial charge in [-0.1, -0.05) is 35.9 Å². The van der Waals surface area contributed by atoms with Crippen molar-refractivity contribution in [1.82, 2.24) is 0 Å². The van der Waals surface area contributed by atoms with Crippen molar-refractivity contribution in [3.05, 3.63) is 84.4 Å². The van der Waals surface area contributed by atoms with E-state index in [1.807, 2.05) is 66.7 Å². The van der Waals surface area contributed by atoms with E-state index in [4.69, 9.17) is 14.6 Å². The van der Waals surface area contributed by atoms with Crippen LogP contribution in [0.15, 0.2) is 83.8 Å². The zero-order valence-corrected chi connectivity index (χ0v) is 22.2. The largest absolute Gasteiger partial charge is 0.487 e. The van der Waals surface area contributed by atoms with Crippen LogP contribution in [0.1, 0.15) is 31.2 Å². The Morgan fingerprint density at radius 3 is 2.22 bits per heavy atom. The number of rotatable bonds is 11. The van der Waals surface area contributed by atoms with Gasteiger partial charge in [0.25, 0.3) is 0 Å².